The lowest BCUT2D eigenvalue weighted by atomic mass is 9.93. The average Bonchev–Trinajstić information content (AvgIpc) is 2.43. The number of fused-ring (bicyclic) bond motifs is 1. The first-order chi connectivity index (χ1) is 9.22. The zero-order valence-electron chi connectivity index (χ0n) is 12.3. The third-order valence-corrected chi connectivity index (χ3v) is 3.68. The van der Waals surface area contributed by atoms with E-state index in [2.05, 4.69) is 68.6 Å². The highest BCUT2D eigenvalue weighted by molar-refractivity contribution is 5.86. The Kier molecular flexibility index (Phi) is 4.98. The van der Waals surface area contributed by atoms with Gasteiger partial charge in [-0.3, -0.25) is 0 Å². The number of benzene rings is 2. The molecule has 1 nitrogen and oxygen atoms in total. The Bertz CT molecular complexity index is 511. The van der Waals surface area contributed by atoms with E-state index in [0.29, 0.717) is 6.04 Å². The van der Waals surface area contributed by atoms with Gasteiger partial charge in [-0.15, -0.1) is 0 Å². The smallest absolute Gasteiger partial charge is 0.0326 e. The van der Waals surface area contributed by atoms with Crippen LogP contribution in [0, 0.1) is 5.92 Å². The molecule has 1 N–H and O–H groups in total. The molecule has 1 unspecified atom stereocenters. The van der Waals surface area contributed by atoms with Crippen molar-refractivity contribution < 1.29 is 0 Å². The van der Waals surface area contributed by atoms with Gasteiger partial charge in [-0.2, -0.15) is 0 Å². The van der Waals surface area contributed by atoms with Crippen molar-refractivity contribution in [3.63, 3.8) is 0 Å². The molecule has 0 aliphatic rings. The summed E-state index contributed by atoms with van der Waals surface area (Å²) in [6.45, 7) is 7.80. The minimum atomic E-state index is 0.471. The lowest BCUT2D eigenvalue weighted by Gasteiger charge is -2.21. The zero-order chi connectivity index (χ0) is 13.7. The molecule has 0 aliphatic heterocycles. The molecule has 2 aromatic rings. The van der Waals surface area contributed by atoms with Gasteiger partial charge in [0, 0.05) is 6.04 Å². The van der Waals surface area contributed by atoms with Gasteiger partial charge in [0.25, 0.3) is 0 Å². The van der Waals surface area contributed by atoms with Crippen LogP contribution in [0.25, 0.3) is 10.8 Å². The fourth-order valence-electron chi connectivity index (χ4n) is 2.67. The van der Waals surface area contributed by atoms with Crippen LogP contribution in [0.1, 0.15) is 45.2 Å². The molecular weight excluding hydrogens is 230 g/mol. The van der Waals surface area contributed by atoms with Gasteiger partial charge in [0.2, 0.25) is 0 Å². The first-order valence-electron chi connectivity index (χ1n) is 7.43. The van der Waals surface area contributed by atoms with E-state index in [-0.39, 0.29) is 0 Å². The second kappa shape index (κ2) is 6.72. The van der Waals surface area contributed by atoms with E-state index >= 15 is 0 Å². The van der Waals surface area contributed by atoms with Gasteiger partial charge in [-0.1, -0.05) is 63.2 Å². The second-order valence-electron chi connectivity index (χ2n) is 5.65. The summed E-state index contributed by atoms with van der Waals surface area (Å²) in [5.41, 5.74) is 1.45. The van der Waals surface area contributed by atoms with E-state index in [0.717, 1.165) is 12.5 Å². The molecule has 0 bridgehead atoms. The fraction of sp³-hybridized carbons (Fsp3) is 0.444. The van der Waals surface area contributed by atoms with E-state index < -0.39 is 0 Å². The Morgan fingerprint density at radius 1 is 0.947 bits per heavy atom. The van der Waals surface area contributed by atoms with Crippen LogP contribution in [-0.2, 0) is 0 Å². The molecule has 0 radical (unpaired) electrons. The topological polar surface area (TPSA) is 12.0 Å². The largest absolute Gasteiger partial charge is 0.310 e. The van der Waals surface area contributed by atoms with E-state index in [1.807, 2.05) is 0 Å². The van der Waals surface area contributed by atoms with E-state index in [1.165, 1.54) is 29.2 Å². The van der Waals surface area contributed by atoms with Gasteiger partial charge in [-0.25, -0.2) is 0 Å². The van der Waals surface area contributed by atoms with E-state index in [4.69, 9.17) is 0 Å². The SMILES string of the molecule is CCNC(CCC(C)C)c1cccc2ccccc12. The predicted molar refractivity (Wildman–Crippen MR) is 84.4 cm³/mol. The van der Waals surface area contributed by atoms with Crippen LogP contribution in [0.15, 0.2) is 42.5 Å². The summed E-state index contributed by atoms with van der Waals surface area (Å²) in [6.07, 6.45) is 2.47. The third kappa shape index (κ3) is 3.57. The minimum absolute atomic E-state index is 0.471. The second-order valence-corrected chi connectivity index (χ2v) is 5.65. The highest BCUT2D eigenvalue weighted by atomic mass is 14.9. The van der Waals surface area contributed by atoms with E-state index in [1.54, 1.807) is 0 Å². The number of rotatable bonds is 6. The van der Waals surface area contributed by atoms with Crippen LogP contribution in [-0.4, -0.2) is 6.54 Å². The maximum Gasteiger partial charge on any atom is 0.0326 e. The zero-order valence-corrected chi connectivity index (χ0v) is 12.3. The molecule has 0 saturated heterocycles. The van der Waals surface area contributed by atoms with Gasteiger partial charge >= 0.3 is 0 Å². The molecule has 1 atom stereocenters. The molecule has 2 rings (SSSR count). The van der Waals surface area contributed by atoms with Crippen molar-refractivity contribution in [1.82, 2.24) is 5.32 Å². The maximum atomic E-state index is 3.65. The normalized spacial score (nSPS) is 13.1. The molecule has 1 heteroatoms. The maximum absolute atomic E-state index is 3.65. The van der Waals surface area contributed by atoms with Crippen molar-refractivity contribution in [2.75, 3.05) is 6.54 Å². The summed E-state index contributed by atoms with van der Waals surface area (Å²) in [4.78, 5) is 0. The van der Waals surface area contributed by atoms with E-state index in [9.17, 15) is 0 Å². The van der Waals surface area contributed by atoms with Crippen molar-refractivity contribution in [1.29, 1.82) is 0 Å². The van der Waals surface area contributed by atoms with Crippen molar-refractivity contribution in [3.8, 4) is 0 Å². The van der Waals surface area contributed by atoms with Crippen LogP contribution < -0.4 is 5.32 Å². The summed E-state index contributed by atoms with van der Waals surface area (Å²) in [5.74, 6) is 0.760. The molecule has 102 valence electrons. The molecule has 0 aliphatic carbocycles. The minimum Gasteiger partial charge on any atom is -0.310 e. The Morgan fingerprint density at radius 2 is 1.68 bits per heavy atom. The third-order valence-electron chi connectivity index (χ3n) is 3.68. The summed E-state index contributed by atoms with van der Waals surface area (Å²) >= 11 is 0. The summed E-state index contributed by atoms with van der Waals surface area (Å²) in [6, 6.07) is 15.8. The van der Waals surface area contributed by atoms with Crippen LogP contribution in [0.2, 0.25) is 0 Å². The summed E-state index contributed by atoms with van der Waals surface area (Å²) < 4.78 is 0. The number of nitrogens with one attached hydrogen (secondary N) is 1. The average molecular weight is 255 g/mol. The Balaban J connectivity index is 2.32. The van der Waals surface area contributed by atoms with Crippen LogP contribution in [0.5, 0.6) is 0 Å². The van der Waals surface area contributed by atoms with Crippen LogP contribution in [0.3, 0.4) is 0 Å². The number of hydrogen-bond donors (Lipinski definition) is 1. The molecule has 0 amide bonds. The first-order valence-corrected chi connectivity index (χ1v) is 7.43. The van der Waals surface area contributed by atoms with Gasteiger partial charge in [0.05, 0.1) is 0 Å². The molecule has 0 saturated carbocycles. The highest BCUT2D eigenvalue weighted by Crippen LogP contribution is 2.28. The molecule has 0 aromatic heterocycles. The lowest BCUT2D eigenvalue weighted by Crippen LogP contribution is -2.21. The fourth-order valence-corrected chi connectivity index (χ4v) is 2.67. The molecule has 0 fully saturated rings. The molecule has 2 aromatic carbocycles. The Labute approximate surface area is 117 Å². The molecule has 0 spiro atoms. The first kappa shape index (κ1) is 14.1. The van der Waals surface area contributed by atoms with Crippen molar-refractivity contribution in [2.45, 2.75) is 39.7 Å². The lowest BCUT2D eigenvalue weighted by molar-refractivity contribution is 0.450. The molecular formula is C18H25N. The van der Waals surface area contributed by atoms with Gasteiger partial charge in [0.15, 0.2) is 0 Å². The van der Waals surface area contributed by atoms with Gasteiger partial charge in [0.1, 0.15) is 0 Å². The van der Waals surface area contributed by atoms with Crippen molar-refractivity contribution in [2.24, 2.45) is 5.92 Å². The van der Waals surface area contributed by atoms with Crippen LogP contribution in [0.4, 0.5) is 0 Å². The van der Waals surface area contributed by atoms with Crippen LogP contribution >= 0.6 is 0 Å². The van der Waals surface area contributed by atoms with Gasteiger partial charge in [-0.05, 0) is 41.6 Å². The Morgan fingerprint density at radius 3 is 2.42 bits per heavy atom. The Hall–Kier alpha value is -1.34. The molecule has 0 heterocycles. The van der Waals surface area contributed by atoms with Crippen molar-refractivity contribution >= 4 is 10.8 Å². The monoisotopic (exact) mass is 255 g/mol. The highest BCUT2D eigenvalue weighted by Gasteiger charge is 2.13. The molecule has 19 heavy (non-hydrogen) atoms. The summed E-state index contributed by atoms with van der Waals surface area (Å²) in [5, 5.41) is 6.38. The predicted octanol–water partition coefficient (Wildman–Crippen LogP) is 4.93. The standard InChI is InChI=1S/C18H25N/c1-4-19-18(13-12-14(2)3)17-11-7-9-15-8-5-6-10-16(15)17/h5-11,14,18-19H,4,12-13H2,1-3H3. The number of hydrogen-bond acceptors (Lipinski definition) is 1. The summed E-state index contributed by atoms with van der Waals surface area (Å²) in [7, 11) is 0. The van der Waals surface area contributed by atoms with Crippen molar-refractivity contribution in [3.05, 3.63) is 48.0 Å². The quantitative estimate of drug-likeness (QED) is 0.772. The van der Waals surface area contributed by atoms with Gasteiger partial charge < -0.3 is 5.32 Å².